The highest BCUT2D eigenvalue weighted by atomic mass is 16.5. The molecule has 142 valence electrons. The third kappa shape index (κ3) is 4.78. The lowest BCUT2D eigenvalue weighted by Gasteiger charge is -2.13. The fourth-order valence-corrected chi connectivity index (χ4v) is 3.05. The molecular weight excluding hydrogens is 338 g/mol. The molecule has 2 N–H and O–H groups in total. The van der Waals surface area contributed by atoms with Crippen molar-refractivity contribution in [3.8, 4) is 5.75 Å². The molecule has 27 heavy (non-hydrogen) atoms. The summed E-state index contributed by atoms with van der Waals surface area (Å²) >= 11 is 0. The first-order chi connectivity index (χ1) is 13.2. The van der Waals surface area contributed by atoms with Gasteiger partial charge in [-0.1, -0.05) is 24.3 Å². The maximum atomic E-state index is 5.27. The van der Waals surface area contributed by atoms with Crippen molar-refractivity contribution in [1.82, 2.24) is 20.2 Å². The quantitative estimate of drug-likeness (QED) is 0.499. The van der Waals surface area contributed by atoms with Crippen molar-refractivity contribution in [2.45, 2.75) is 26.9 Å². The molecule has 0 amide bonds. The third-order valence-corrected chi connectivity index (χ3v) is 4.37. The summed E-state index contributed by atoms with van der Waals surface area (Å²) in [6, 6.07) is 16.2. The van der Waals surface area contributed by atoms with E-state index in [0.717, 1.165) is 53.8 Å². The zero-order valence-corrected chi connectivity index (χ0v) is 16.2. The van der Waals surface area contributed by atoms with Crippen LogP contribution in [0, 0.1) is 6.92 Å². The molecule has 0 spiro atoms. The highest BCUT2D eigenvalue weighted by molar-refractivity contribution is 5.80. The van der Waals surface area contributed by atoms with Gasteiger partial charge in [0.2, 0.25) is 0 Å². The topological polar surface area (TPSA) is 63.5 Å². The Morgan fingerprint density at radius 3 is 2.81 bits per heavy atom. The number of guanidine groups is 1. The predicted octanol–water partition coefficient (Wildman–Crippen LogP) is 3.11. The number of nitrogens with zero attached hydrogens (tertiary/aromatic N) is 3. The average Bonchev–Trinajstić information content (AvgIpc) is 3.01. The lowest BCUT2D eigenvalue weighted by Crippen LogP contribution is -2.38. The van der Waals surface area contributed by atoms with Crippen LogP contribution in [-0.4, -0.2) is 35.7 Å². The fraction of sp³-hybridized carbons (Fsp3) is 0.333. The summed E-state index contributed by atoms with van der Waals surface area (Å²) in [5.74, 6) is 2.68. The Hall–Kier alpha value is -3.02. The van der Waals surface area contributed by atoms with Gasteiger partial charge < -0.3 is 19.9 Å². The lowest BCUT2D eigenvalue weighted by molar-refractivity contribution is 0.414. The maximum absolute atomic E-state index is 5.27. The average molecular weight is 365 g/mol. The molecule has 2 aromatic carbocycles. The molecule has 0 fully saturated rings. The monoisotopic (exact) mass is 365 g/mol. The first-order valence-corrected chi connectivity index (χ1v) is 9.28. The largest absolute Gasteiger partial charge is 0.497 e. The van der Waals surface area contributed by atoms with Gasteiger partial charge in [-0.25, -0.2) is 9.98 Å². The van der Waals surface area contributed by atoms with Gasteiger partial charge in [-0.05, 0) is 43.7 Å². The van der Waals surface area contributed by atoms with Crippen LogP contribution >= 0.6 is 0 Å². The fourth-order valence-electron chi connectivity index (χ4n) is 3.05. The van der Waals surface area contributed by atoms with Gasteiger partial charge in [0.1, 0.15) is 11.6 Å². The Morgan fingerprint density at radius 2 is 2.00 bits per heavy atom. The van der Waals surface area contributed by atoms with Crippen LogP contribution in [0.1, 0.15) is 18.3 Å². The molecular formula is C21H27N5O. The molecule has 3 aromatic rings. The van der Waals surface area contributed by atoms with Crippen molar-refractivity contribution < 1.29 is 4.74 Å². The Bertz CT molecular complexity index is 916. The Labute approximate surface area is 160 Å². The molecule has 0 saturated heterocycles. The number of hydrogen-bond donors (Lipinski definition) is 2. The molecule has 0 bridgehead atoms. The number of nitrogens with one attached hydrogen (secondary N) is 2. The Morgan fingerprint density at radius 1 is 1.15 bits per heavy atom. The number of hydrogen-bond acceptors (Lipinski definition) is 3. The van der Waals surface area contributed by atoms with E-state index in [0.29, 0.717) is 6.54 Å². The number of fused-ring (bicyclic) bond motifs is 1. The second-order valence-corrected chi connectivity index (χ2v) is 6.27. The van der Waals surface area contributed by atoms with Gasteiger partial charge in [0.05, 0.1) is 24.7 Å². The number of benzene rings is 2. The highest BCUT2D eigenvalue weighted by Gasteiger charge is 2.06. The minimum atomic E-state index is 0.597. The van der Waals surface area contributed by atoms with Gasteiger partial charge in [-0.3, -0.25) is 0 Å². The number of imidazole rings is 1. The molecule has 3 rings (SSSR count). The van der Waals surface area contributed by atoms with Crippen molar-refractivity contribution in [2.75, 3.05) is 20.2 Å². The van der Waals surface area contributed by atoms with E-state index in [4.69, 9.17) is 4.74 Å². The van der Waals surface area contributed by atoms with Gasteiger partial charge >= 0.3 is 0 Å². The van der Waals surface area contributed by atoms with Crippen molar-refractivity contribution in [2.24, 2.45) is 4.99 Å². The van der Waals surface area contributed by atoms with E-state index in [9.17, 15) is 0 Å². The van der Waals surface area contributed by atoms with E-state index in [-0.39, 0.29) is 0 Å². The molecule has 0 radical (unpaired) electrons. The van der Waals surface area contributed by atoms with Gasteiger partial charge in [-0.15, -0.1) is 0 Å². The van der Waals surface area contributed by atoms with Gasteiger partial charge in [-0.2, -0.15) is 0 Å². The van der Waals surface area contributed by atoms with Crippen molar-refractivity contribution in [3.63, 3.8) is 0 Å². The van der Waals surface area contributed by atoms with Crippen LogP contribution in [-0.2, 0) is 13.1 Å². The Balaban J connectivity index is 1.63. The summed E-state index contributed by atoms with van der Waals surface area (Å²) < 4.78 is 7.50. The third-order valence-electron chi connectivity index (χ3n) is 4.37. The summed E-state index contributed by atoms with van der Waals surface area (Å²) in [7, 11) is 1.68. The molecule has 0 unspecified atom stereocenters. The molecule has 1 heterocycles. The normalized spacial score (nSPS) is 11.6. The van der Waals surface area contributed by atoms with E-state index in [1.165, 1.54) is 0 Å². The molecule has 1 aromatic heterocycles. The van der Waals surface area contributed by atoms with Crippen LogP contribution in [0.5, 0.6) is 5.75 Å². The zero-order chi connectivity index (χ0) is 19.1. The standard InChI is InChI=1S/C21H27N5O/c1-4-22-21(24-15-17-8-7-9-18(14-17)27-3)23-12-13-26-16(2)25-19-10-5-6-11-20(19)26/h5-11,14H,4,12-13,15H2,1-3H3,(H2,22,23,24). The van der Waals surface area contributed by atoms with Gasteiger partial charge in [0, 0.05) is 19.6 Å². The molecule has 6 heteroatoms. The minimum absolute atomic E-state index is 0.597. The number of para-hydroxylation sites is 2. The molecule has 0 aliphatic rings. The van der Waals surface area contributed by atoms with E-state index in [1.807, 2.05) is 43.3 Å². The molecule has 6 nitrogen and oxygen atoms in total. The summed E-state index contributed by atoms with van der Waals surface area (Å²) in [6.07, 6.45) is 0. The van der Waals surface area contributed by atoms with Crippen molar-refractivity contribution in [1.29, 1.82) is 0 Å². The predicted molar refractivity (Wildman–Crippen MR) is 110 cm³/mol. The van der Waals surface area contributed by atoms with Crippen LogP contribution in [0.3, 0.4) is 0 Å². The summed E-state index contributed by atoms with van der Waals surface area (Å²) in [6.45, 7) is 7.12. The number of aryl methyl sites for hydroxylation is 1. The van der Waals surface area contributed by atoms with Gasteiger partial charge in [0.15, 0.2) is 5.96 Å². The Kier molecular flexibility index (Phi) is 6.30. The van der Waals surface area contributed by atoms with Crippen molar-refractivity contribution >= 4 is 17.0 Å². The highest BCUT2D eigenvalue weighted by Crippen LogP contribution is 2.15. The SMILES string of the molecule is CCNC(=NCc1cccc(OC)c1)NCCn1c(C)nc2ccccc21. The summed E-state index contributed by atoms with van der Waals surface area (Å²) in [5.41, 5.74) is 3.31. The number of methoxy groups -OCH3 is 1. The van der Waals surface area contributed by atoms with Crippen LogP contribution in [0.4, 0.5) is 0 Å². The second-order valence-electron chi connectivity index (χ2n) is 6.27. The summed E-state index contributed by atoms with van der Waals surface area (Å²) in [4.78, 5) is 9.29. The molecule has 0 aliphatic heterocycles. The van der Waals surface area contributed by atoms with E-state index < -0.39 is 0 Å². The van der Waals surface area contributed by atoms with Crippen LogP contribution in [0.2, 0.25) is 0 Å². The van der Waals surface area contributed by atoms with E-state index in [1.54, 1.807) is 7.11 Å². The summed E-state index contributed by atoms with van der Waals surface area (Å²) in [5, 5.41) is 6.70. The number of rotatable bonds is 7. The molecule has 0 aliphatic carbocycles. The maximum Gasteiger partial charge on any atom is 0.191 e. The molecule has 0 atom stereocenters. The molecule has 0 saturated carbocycles. The van der Waals surface area contributed by atoms with Gasteiger partial charge in [0.25, 0.3) is 0 Å². The van der Waals surface area contributed by atoms with Crippen LogP contribution in [0.15, 0.2) is 53.5 Å². The van der Waals surface area contributed by atoms with Crippen molar-refractivity contribution in [3.05, 3.63) is 59.9 Å². The second kappa shape index (κ2) is 9.07. The smallest absolute Gasteiger partial charge is 0.191 e. The number of aromatic nitrogens is 2. The van der Waals surface area contributed by atoms with E-state index >= 15 is 0 Å². The van der Waals surface area contributed by atoms with Crippen LogP contribution in [0.25, 0.3) is 11.0 Å². The zero-order valence-electron chi connectivity index (χ0n) is 16.2. The first-order valence-electron chi connectivity index (χ1n) is 9.28. The number of ether oxygens (including phenoxy) is 1. The van der Waals surface area contributed by atoms with Crippen LogP contribution < -0.4 is 15.4 Å². The lowest BCUT2D eigenvalue weighted by atomic mass is 10.2. The number of aliphatic imine (C=N–C) groups is 1. The first kappa shape index (κ1) is 18.8. The minimum Gasteiger partial charge on any atom is -0.497 e. The van der Waals surface area contributed by atoms with E-state index in [2.05, 4.69) is 44.2 Å².